The van der Waals surface area contributed by atoms with E-state index in [1.54, 1.807) is 12.2 Å². The lowest BCUT2D eigenvalue weighted by atomic mass is 10.1. The van der Waals surface area contributed by atoms with Crippen molar-refractivity contribution in [3.05, 3.63) is 29.3 Å². The van der Waals surface area contributed by atoms with E-state index in [1.165, 1.54) is 31.2 Å². The third-order valence-electron chi connectivity index (χ3n) is 3.01. The number of anilines is 1. The van der Waals surface area contributed by atoms with Gasteiger partial charge < -0.3 is 15.4 Å². The number of nitrogens with one attached hydrogen (secondary N) is 2. The lowest BCUT2D eigenvalue weighted by molar-refractivity contribution is -0.207. The van der Waals surface area contributed by atoms with Crippen LogP contribution in [0.4, 0.5) is 18.9 Å². The molecule has 9 heteroatoms. The molecule has 0 aliphatic heterocycles. The zero-order valence-electron chi connectivity index (χ0n) is 13.2. The number of amides is 1. The van der Waals surface area contributed by atoms with Crippen molar-refractivity contribution in [3.8, 4) is 0 Å². The maximum Gasteiger partial charge on any atom is 0.441 e. The number of alkyl halides is 3. The number of para-hydroxylation sites is 1. The summed E-state index contributed by atoms with van der Waals surface area (Å²) in [5.41, 5.74) is -3.60. The van der Waals surface area contributed by atoms with Gasteiger partial charge in [0.05, 0.1) is 17.3 Å². The standard InChI is InChI=1S/C15H18ClF3N2O3/c1-3-7-12(22)21-14(15(17,18)19,13(23)24-4-2)20-11-9-6-5-8-10(11)16/h5-6,8-9,20H,3-4,7H2,1-2H3,(H,21,22)/t14-/m1/s1. The number of hydrogen-bond donors (Lipinski definition) is 2. The number of carbonyl (C=O) groups is 2. The Kier molecular flexibility index (Phi) is 6.89. The van der Waals surface area contributed by atoms with Crippen LogP contribution < -0.4 is 10.6 Å². The predicted molar refractivity (Wildman–Crippen MR) is 83.5 cm³/mol. The molecule has 24 heavy (non-hydrogen) atoms. The summed E-state index contributed by atoms with van der Waals surface area (Å²) in [5.74, 6) is -2.61. The summed E-state index contributed by atoms with van der Waals surface area (Å²) in [6, 6.07) is 5.56. The van der Waals surface area contributed by atoms with Crippen LogP contribution in [-0.4, -0.2) is 30.3 Å². The van der Waals surface area contributed by atoms with Gasteiger partial charge in [0.2, 0.25) is 5.91 Å². The minimum Gasteiger partial charge on any atom is -0.463 e. The molecule has 0 saturated heterocycles. The number of esters is 1. The van der Waals surface area contributed by atoms with Gasteiger partial charge in [0.15, 0.2) is 0 Å². The van der Waals surface area contributed by atoms with E-state index in [9.17, 15) is 22.8 Å². The molecule has 0 aliphatic rings. The summed E-state index contributed by atoms with van der Waals surface area (Å²) in [7, 11) is 0. The van der Waals surface area contributed by atoms with Gasteiger partial charge in [-0.3, -0.25) is 4.79 Å². The van der Waals surface area contributed by atoms with E-state index < -0.39 is 23.7 Å². The van der Waals surface area contributed by atoms with Gasteiger partial charge in [-0.15, -0.1) is 0 Å². The van der Waals surface area contributed by atoms with E-state index in [-0.39, 0.29) is 23.7 Å². The zero-order valence-corrected chi connectivity index (χ0v) is 13.9. The summed E-state index contributed by atoms with van der Waals surface area (Å²) in [5, 5.41) is 3.69. The lowest BCUT2D eigenvalue weighted by Gasteiger charge is -2.35. The average molecular weight is 367 g/mol. The second-order valence-corrected chi connectivity index (χ2v) is 5.28. The van der Waals surface area contributed by atoms with Gasteiger partial charge >= 0.3 is 17.8 Å². The first kappa shape index (κ1) is 20.1. The number of hydrogen-bond acceptors (Lipinski definition) is 4. The average Bonchev–Trinajstić information content (AvgIpc) is 2.48. The topological polar surface area (TPSA) is 67.4 Å². The molecule has 2 N–H and O–H groups in total. The molecule has 134 valence electrons. The van der Waals surface area contributed by atoms with Gasteiger partial charge in [-0.25, -0.2) is 4.79 Å². The van der Waals surface area contributed by atoms with E-state index in [4.69, 9.17) is 11.6 Å². The molecule has 0 radical (unpaired) electrons. The molecule has 0 unspecified atom stereocenters. The van der Waals surface area contributed by atoms with Crippen molar-refractivity contribution in [1.29, 1.82) is 0 Å². The highest BCUT2D eigenvalue weighted by molar-refractivity contribution is 6.33. The summed E-state index contributed by atoms with van der Waals surface area (Å²) in [6.07, 6.45) is -5.03. The smallest absolute Gasteiger partial charge is 0.441 e. The van der Waals surface area contributed by atoms with E-state index in [0.29, 0.717) is 6.42 Å². The van der Waals surface area contributed by atoms with Crippen LogP contribution in [0, 0.1) is 0 Å². The fraction of sp³-hybridized carbons (Fsp3) is 0.467. The third-order valence-corrected chi connectivity index (χ3v) is 3.34. The molecule has 1 rings (SSSR count). The molecular formula is C15H18ClF3N2O3. The highest BCUT2D eigenvalue weighted by Crippen LogP contribution is 2.35. The Balaban J connectivity index is 3.37. The first-order valence-corrected chi connectivity index (χ1v) is 7.63. The van der Waals surface area contributed by atoms with Crippen LogP contribution in [0.15, 0.2) is 24.3 Å². The van der Waals surface area contributed by atoms with Crippen molar-refractivity contribution in [2.45, 2.75) is 38.5 Å². The largest absolute Gasteiger partial charge is 0.463 e. The van der Waals surface area contributed by atoms with Crippen molar-refractivity contribution in [3.63, 3.8) is 0 Å². The van der Waals surface area contributed by atoms with Gasteiger partial charge in [0, 0.05) is 6.42 Å². The quantitative estimate of drug-likeness (QED) is 0.572. The predicted octanol–water partition coefficient (Wildman–Crippen LogP) is 3.49. The molecule has 0 aliphatic carbocycles. The molecule has 5 nitrogen and oxygen atoms in total. The van der Waals surface area contributed by atoms with Crippen molar-refractivity contribution in [2.24, 2.45) is 0 Å². The maximum atomic E-state index is 13.7. The molecule has 1 amide bonds. The molecule has 0 fully saturated rings. The molecule has 0 saturated carbocycles. The molecule has 0 spiro atoms. The van der Waals surface area contributed by atoms with Gasteiger partial charge in [-0.1, -0.05) is 30.7 Å². The highest BCUT2D eigenvalue weighted by atomic mass is 35.5. The Morgan fingerprint density at radius 1 is 1.21 bits per heavy atom. The molecule has 0 bridgehead atoms. The SMILES string of the molecule is CCCC(=O)N[C@](Nc1ccccc1Cl)(C(=O)OCC)C(F)(F)F. The first-order valence-electron chi connectivity index (χ1n) is 7.25. The summed E-state index contributed by atoms with van der Waals surface area (Å²) >= 11 is 5.87. The lowest BCUT2D eigenvalue weighted by Crippen LogP contribution is -2.69. The number of ether oxygens (including phenoxy) is 1. The van der Waals surface area contributed by atoms with Crippen molar-refractivity contribution >= 4 is 29.2 Å². The molecule has 0 heterocycles. The maximum absolute atomic E-state index is 13.7. The fourth-order valence-electron chi connectivity index (χ4n) is 1.89. The van der Waals surface area contributed by atoms with E-state index in [1.807, 2.05) is 5.32 Å². The second kappa shape index (κ2) is 8.23. The third kappa shape index (κ3) is 4.53. The van der Waals surface area contributed by atoms with Gasteiger partial charge in [-0.05, 0) is 25.5 Å². The Hall–Kier alpha value is -1.96. The van der Waals surface area contributed by atoms with Crippen LogP contribution in [0.25, 0.3) is 0 Å². The van der Waals surface area contributed by atoms with Crippen LogP contribution >= 0.6 is 11.6 Å². The minimum atomic E-state index is -5.16. The normalized spacial score (nSPS) is 13.8. The van der Waals surface area contributed by atoms with Crippen LogP contribution in [0.5, 0.6) is 0 Å². The summed E-state index contributed by atoms with van der Waals surface area (Å²) < 4.78 is 45.8. The Morgan fingerprint density at radius 3 is 2.33 bits per heavy atom. The zero-order chi connectivity index (χ0) is 18.4. The number of carbonyl (C=O) groups excluding carboxylic acids is 2. The molecule has 1 aromatic rings. The van der Waals surface area contributed by atoms with Gasteiger partial charge in [-0.2, -0.15) is 13.2 Å². The Labute approximate surface area is 142 Å². The molecule has 1 aromatic carbocycles. The number of halogens is 4. The monoisotopic (exact) mass is 366 g/mol. The number of rotatable bonds is 7. The second-order valence-electron chi connectivity index (χ2n) is 4.87. The van der Waals surface area contributed by atoms with Gasteiger partial charge in [0.25, 0.3) is 0 Å². The molecule has 0 aromatic heterocycles. The van der Waals surface area contributed by atoms with E-state index >= 15 is 0 Å². The van der Waals surface area contributed by atoms with Crippen LogP contribution in [-0.2, 0) is 14.3 Å². The van der Waals surface area contributed by atoms with Crippen LogP contribution in [0.2, 0.25) is 5.02 Å². The minimum absolute atomic E-state index is 0.0415. The molecule has 1 atom stereocenters. The van der Waals surface area contributed by atoms with Crippen molar-refractivity contribution in [2.75, 3.05) is 11.9 Å². The van der Waals surface area contributed by atoms with Crippen molar-refractivity contribution < 1.29 is 27.5 Å². The Morgan fingerprint density at radius 2 is 1.83 bits per heavy atom. The summed E-state index contributed by atoms with van der Waals surface area (Å²) in [4.78, 5) is 23.9. The van der Waals surface area contributed by atoms with Crippen molar-refractivity contribution in [1.82, 2.24) is 5.32 Å². The van der Waals surface area contributed by atoms with Crippen LogP contribution in [0.3, 0.4) is 0 Å². The number of benzene rings is 1. The highest BCUT2D eigenvalue weighted by Gasteiger charge is 2.63. The van der Waals surface area contributed by atoms with Crippen LogP contribution in [0.1, 0.15) is 26.7 Å². The fourth-order valence-corrected chi connectivity index (χ4v) is 2.08. The van der Waals surface area contributed by atoms with E-state index in [0.717, 1.165) is 0 Å². The molecular weight excluding hydrogens is 349 g/mol. The Bertz CT molecular complexity index is 596. The van der Waals surface area contributed by atoms with E-state index in [2.05, 4.69) is 4.74 Å². The first-order chi connectivity index (χ1) is 11.2. The van der Waals surface area contributed by atoms with Gasteiger partial charge in [0.1, 0.15) is 0 Å². The summed E-state index contributed by atoms with van der Waals surface area (Å²) in [6.45, 7) is 2.70.